The molecule has 26 heavy (non-hydrogen) atoms. The molecule has 0 aliphatic heterocycles. The third kappa shape index (κ3) is 9.92. The van der Waals surface area contributed by atoms with Crippen LogP contribution in [0.4, 0.5) is 0 Å². The highest BCUT2D eigenvalue weighted by Crippen LogP contribution is 2.36. The Hall–Kier alpha value is -0.600. The summed E-state index contributed by atoms with van der Waals surface area (Å²) in [5, 5.41) is 0. The molecule has 0 aromatic rings. The minimum absolute atomic E-state index is 0.0376. The summed E-state index contributed by atoms with van der Waals surface area (Å²) in [6.07, 6.45) is 15.4. The van der Waals surface area contributed by atoms with Crippen molar-refractivity contribution in [3.05, 3.63) is 25.3 Å². The van der Waals surface area contributed by atoms with E-state index >= 15 is 0 Å². The van der Waals surface area contributed by atoms with Crippen molar-refractivity contribution in [3.63, 3.8) is 0 Å². The van der Waals surface area contributed by atoms with Crippen molar-refractivity contribution in [3.8, 4) is 0 Å². The highest BCUT2D eigenvalue weighted by atomic mass is 17.2. The first-order valence-electron chi connectivity index (χ1n) is 10.8. The minimum Gasteiger partial charge on any atom is -0.232 e. The molecule has 0 aromatic heterocycles. The first-order valence-corrected chi connectivity index (χ1v) is 10.8. The zero-order chi connectivity index (χ0) is 20.1. The monoisotopic (exact) mass is 366 g/mol. The van der Waals surface area contributed by atoms with Gasteiger partial charge in [-0.15, -0.1) is 13.2 Å². The molecule has 0 bridgehead atoms. The summed E-state index contributed by atoms with van der Waals surface area (Å²) in [5.74, 6) is 0. The fourth-order valence-electron chi connectivity index (χ4n) is 3.40. The lowest BCUT2D eigenvalue weighted by Crippen LogP contribution is -2.37. The van der Waals surface area contributed by atoms with Crippen LogP contribution in [0.1, 0.15) is 106 Å². The van der Waals surface area contributed by atoms with Crippen LogP contribution in [0.25, 0.3) is 0 Å². The van der Waals surface area contributed by atoms with Crippen LogP contribution in [-0.2, 0) is 9.78 Å². The zero-order valence-corrected chi connectivity index (χ0v) is 18.6. The summed E-state index contributed by atoms with van der Waals surface area (Å²) in [6, 6.07) is 0. The maximum Gasteiger partial charge on any atom is 0.101 e. The van der Waals surface area contributed by atoms with Gasteiger partial charge >= 0.3 is 0 Å². The van der Waals surface area contributed by atoms with Gasteiger partial charge in [0.15, 0.2) is 0 Å². The molecule has 0 saturated carbocycles. The molecule has 0 spiro atoms. The fraction of sp³-hybridized carbons (Fsp3) is 0.833. The number of unbranched alkanes of at least 4 members (excludes halogenated alkanes) is 4. The summed E-state index contributed by atoms with van der Waals surface area (Å²) in [5.41, 5.74) is 0.156. The molecule has 0 rings (SSSR count). The van der Waals surface area contributed by atoms with Crippen LogP contribution in [0, 0.1) is 10.8 Å². The van der Waals surface area contributed by atoms with Crippen LogP contribution in [0.3, 0.4) is 0 Å². The molecule has 2 unspecified atom stereocenters. The lowest BCUT2D eigenvalue weighted by molar-refractivity contribution is -0.380. The maximum absolute atomic E-state index is 6.07. The normalized spacial score (nSPS) is 14.8. The van der Waals surface area contributed by atoms with E-state index in [1.54, 1.807) is 0 Å². The van der Waals surface area contributed by atoms with Crippen molar-refractivity contribution < 1.29 is 9.78 Å². The molecule has 2 nitrogen and oxygen atoms in total. The summed E-state index contributed by atoms with van der Waals surface area (Å²) in [7, 11) is 0. The van der Waals surface area contributed by atoms with Gasteiger partial charge in [-0.1, -0.05) is 92.2 Å². The SMILES string of the molecule is C=CCC(OOC(CC=C)C(C)(C)CCCCC)C(C)(C)CCCCC. The van der Waals surface area contributed by atoms with Crippen molar-refractivity contribution in [1.82, 2.24) is 0 Å². The third-order valence-corrected chi connectivity index (χ3v) is 5.64. The zero-order valence-electron chi connectivity index (χ0n) is 18.6. The molecule has 154 valence electrons. The second kappa shape index (κ2) is 13.6. The van der Waals surface area contributed by atoms with Gasteiger partial charge in [0.1, 0.15) is 12.2 Å². The van der Waals surface area contributed by atoms with Crippen LogP contribution < -0.4 is 0 Å². The maximum atomic E-state index is 6.07. The molecule has 0 N–H and O–H groups in total. The van der Waals surface area contributed by atoms with E-state index in [1.807, 2.05) is 12.2 Å². The fourth-order valence-corrected chi connectivity index (χ4v) is 3.40. The quantitative estimate of drug-likeness (QED) is 0.112. The van der Waals surface area contributed by atoms with Gasteiger partial charge in [0.2, 0.25) is 0 Å². The van der Waals surface area contributed by atoms with Crippen LogP contribution >= 0.6 is 0 Å². The van der Waals surface area contributed by atoms with E-state index in [-0.39, 0.29) is 23.0 Å². The van der Waals surface area contributed by atoms with Crippen LogP contribution in [0.5, 0.6) is 0 Å². The Morgan fingerprint density at radius 3 is 1.31 bits per heavy atom. The minimum atomic E-state index is 0.0376. The Morgan fingerprint density at radius 1 is 0.692 bits per heavy atom. The van der Waals surface area contributed by atoms with Crippen molar-refractivity contribution in [2.24, 2.45) is 10.8 Å². The molecular weight excluding hydrogens is 320 g/mol. The summed E-state index contributed by atoms with van der Waals surface area (Å²) in [6.45, 7) is 21.5. The van der Waals surface area contributed by atoms with E-state index in [0.717, 1.165) is 25.7 Å². The Kier molecular flexibility index (Phi) is 13.2. The summed E-state index contributed by atoms with van der Waals surface area (Å²) >= 11 is 0. The first-order chi connectivity index (χ1) is 12.2. The second-order valence-corrected chi connectivity index (χ2v) is 9.11. The Balaban J connectivity index is 4.90. The molecule has 0 saturated heterocycles. The highest BCUT2D eigenvalue weighted by molar-refractivity contribution is 4.87. The van der Waals surface area contributed by atoms with Crippen molar-refractivity contribution in [1.29, 1.82) is 0 Å². The predicted octanol–water partition coefficient (Wildman–Crippen LogP) is 8.04. The number of hydrogen-bond acceptors (Lipinski definition) is 2. The van der Waals surface area contributed by atoms with Gasteiger partial charge in [-0.25, -0.2) is 9.78 Å². The van der Waals surface area contributed by atoms with Gasteiger partial charge in [-0.3, -0.25) is 0 Å². The predicted molar refractivity (Wildman–Crippen MR) is 115 cm³/mol. The van der Waals surface area contributed by atoms with Gasteiger partial charge in [-0.2, -0.15) is 0 Å². The molecule has 0 fully saturated rings. The van der Waals surface area contributed by atoms with E-state index < -0.39 is 0 Å². The van der Waals surface area contributed by atoms with Gasteiger partial charge in [0.25, 0.3) is 0 Å². The largest absolute Gasteiger partial charge is 0.232 e. The average molecular weight is 367 g/mol. The highest BCUT2D eigenvalue weighted by Gasteiger charge is 2.34. The van der Waals surface area contributed by atoms with Crippen molar-refractivity contribution in [2.75, 3.05) is 0 Å². The van der Waals surface area contributed by atoms with E-state index in [4.69, 9.17) is 9.78 Å². The number of rotatable bonds is 17. The Morgan fingerprint density at radius 2 is 1.04 bits per heavy atom. The van der Waals surface area contributed by atoms with Gasteiger partial charge in [0.05, 0.1) is 0 Å². The summed E-state index contributed by atoms with van der Waals surface area (Å²) < 4.78 is 0. The van der Waals surface area contributed by atoms with Crippen molar-refractivity contribution in [2.45, 2.75) is 118 Å². The molecule has 2 heteroatoms. The molecule has 0 heterocycles. The second-order valence-electron chi connectivity index (χ2n) is 9.11. The van der Waals surface area contributed by atoms with E-state index in [1.165, 1.54) is 38.5 Å². The first kappa shape index (κ1) is 25.4. The molecule has 0 aliphatic rings. The lowest BCUT2D eigenvalue weighted by Gasteiger charge is -2.37. The molecule has 2 atom stereocenters. The third-order valence-electron chi connectivity index (χ3n) is 5.64. The van der Waals surface area contributed by atoms with E-state index in [9.17, 15) is 0 Å². The smallest absolute Gasteiger partial charge is 0.101 e. The summed E-state index contributed by atoms with van der Waals surface area (Å²) in [4.78, 5) is 12.1. The lowest BCUT2D eigenvalue weighted by atomic mass is 9.79. The number of hydrogen-bond donors (Lipinski definition) is 0. The van der Waals surface area contributed by atoms with Gasteiger partial charge in [0, 0.05) is 0 Å². The molecule has 0 amide bonds. The molecule has 0 radical (unpaired) electrons. The Labute approximate surface area is 164 Å². The standard InChI is InChI=1S/C24H46O2/c1-9-13-15-19-23(5,6)21(17-11-3)25-26-22(18-12-4)24(7,8)20-16-14-10-2/h11-12,21-22H,3-4,9-10,13-20H2,1-2,5-8H3. The van der Waals surface area contributed by atoms with E-state index in [2.05, 4.69) is 54.7 Å². The molecule has 0 aliphatic carbocycles. The van der Waals surface area contributed by atoms with E-state index in [0.29, 0.717) is 0 Å². The van der Waals surface area contributed by atoms with Gasteiger partial charge < -0.3 is 0 Å². The average Bonchev–Trinajstić information content (AvgIpc) is 2.57. The van der Waals surface area contributed by atoms with Crippen LogP contribution in [-0.4, -0.2) is 12.2 Å². The molecule has 0 aromatic carbocycles. The van der Waals surface area contributed by atoms with Gasteiger partial charge in [-0.05, 0) is 36.5 Å². The Bertz CT molecular complexity index is 334. The topological polar surface area (TPSA) is 18.5 Å². The molecular formula is C24H46O2. The van der Waals surface area contributed by atoms with Crippen LogP contribution in [0.15, 0.2) is 25.3 Å². The van der Waals surface area contributed by atoms with Crippen molar-refractivity contribution >= 4 is 0 Å². The van der Waals surface area contributed by atoms with Crippen LogP contribution in [0.2, 0.25) is 0 Å².